The highest BCUT2D eigenvalue weighted by Crippen LogP contribution is 2.15. The number of halogens is 1. The Balaban J connectivity index is 2.24. The predicted molar refractivity (Wildman–Crippen MR) is 53.0 cm³/mol. The summed E-state index contributed by atoms with van der Waals surface area (Å²) in [6.07, 6.45) is 2.08. The molecule has 0 saturated carbocycles. The van der Waals surface area contributed by atoms with Crippen molar-refractivity contribution in [2.24, 2.45) is 5.92 Å². The molecular formula is C7H15ClN2O2S. The van der Waals surface area contributed by atoms with Gasteiger partial charge in [-0.15, -0.1) is 0 Å². The normalized spacial score (nSPS) is 22.0. The van der Waals surface area contributed by atoms with E-state index in [1.54, 1.807) is 0 Å². The number of likely N-dealkylation sites (tertiary alicyclic amines) is 1. The van der Waals surface area contributed by atoms with Gasteiger partial charge in [-0.2, -0.15) is 8.42 Å². The largest absolute Gasteiger partial charge is 0.306 e. The van der Waals surface area contributed by atoms with Crippen LogP contribution in [0, 0.1) is 5.92 Å². The molecule has 0 spiro atoms. The van der Waals surface area contributed by atoms with E-state index in [9.17, 15) is 8.42 Å². The van der Waals surface area contributed by atoms with E-state index in [0.717, 1.165) is 25.9 Å². The van der Waals surface area contributed by atoms with E-state index >= 15 is 0 Å². The molecule has 1 N–H and O–H groups in total. The van der Waals surface area contributed by atoms with Gasteiger partial charge in [0.25, 0.3) is 9.24 Å². The molecule has 0 bridgehead atoms. The Labute approximate surface area is 83.8 Å². The van der Waals surface area contributed by atoms with Crippen molar-refractivity contribution in [2.75, 3.05) is 26.7 Å². The van der Waals surface area contributed by atoms with Crippen LogP contribution in [-0.2, 0) is 9.24 Å². The summed E-state index contributed by atoms with van der Waals surface area (Å²) in [5, 5.41) is 0. The van der Waals surface area contributed by atoms with Gasteiger partial charge in [-0.25, -0.2) is 4.72 Å². The maximum Gasteiger partial charge on any atom is 0.297 e. The number of piperidine rings is 1. The first-order chi connectivity index (χ1) is 5.97. The first-order valence-corrected chi connectivity index (χ1v) is 6.66. The summed E-state index contributed by atoms with van der Waals surface area (Å²) in [7, 11) is 3.57. The molecule has 0 unspecified atom stereocenters. The number of hydrogen-bond donors (Lipinski definition) is 1. The Kier molecular flexibility index (Phi) is 3.97. The van der Waals surface area contributed by atoms with Crippen LogP contribution in [0.5, 0.6) is 0 Å². The molecule has 0 amide bonds. The lowest BCUT2D eigenvalue weighted by Crippen LogP contribution is -2.35. The zero-order chi connectivity index (χ0) is 9.90. The lowest BCUT2D eigenvalue weighted by molar-refractivity contribution is 0.221. The topological polar surface area (TPSA) is 49.4 Å². The third kappa shape index (κ3) is 4.81. The molecule has 0 aromatic heterocycles. The second-order valence-electron chi connectivity index (χ2n) is 3.53. The van der Waals surface area contributed by atoms with Gasteiger partial charge in [0.15, 0.2) is 0 Å². The van der Waals surface area contributed by atoms with Crippen molar-refractivity contribution in [3.05, 3.63) is 0 Å². The molecule has 1 aliphatic rings. The molecule has 0 radical (unpaired) electrons. The van der Waals surface area contributed by atoms with E-state index < -0.39 is 9.24 Å². The van der Waals surface area contributed by atoms with Gasteiger partial charge in [-0.05, 0) is 38.9 Å². The second kappa shape index (κ2) is 4.59. The van der Waals surface area contributed by atoms with Crippen molar-refractivity contribution in [1.29, 1.82) is 0 Å². The molecule has 0 atom stereocenters. The average molecular weight is 227 g/mol. The number of nitrogens with zero attached hydrogens (tertiary/aromatic N) is 1. The Morgan fingerprint density at radius 3 is 2.46 bits per heavy atom. The summed E-state index contributed by atoms with van der Waals surface area (Å²) in [6.45, 7) is 2.54. The zero-order valence-corrected chi connectivity index (χ0v) is 9.24. The Morgan fingerprint density at radius 1 is 1.46 bits per heavy atom. The van der Waals surface area contributed by atoms with Crippen molar-refractivity contribution in [3.63, 3.8) is 0 Å². The minimum Gasteiger partial charge on any atom is -0.306 e. The highest BCUT2D eigenvalue weighted by atomic mass is 35.7. The van der Waals surface area contributed by atoms with Crippen LogP contribution >= 0.6 is 10.7 Å². The zero-order valence-electron chi connectivity index (χ0n) is 7.66. The monoisotopic (exact) mass is 226 g/mol. The smallest absolute Gasteiger partial charge is 0.297 e. The summed E-state index contributed by atoms with van der Waals surface area (Å²) in [4.78, 5) is 2.24. The molecule has 1 heterocycles. The van der Waals surface area contributed by atoms with Crippen LogP contribution in [0.3, 0.4) is 0 Å². The number of rotatable bonds is 3. The number of hydrogen-bond acceptors (Lipinski definition) is 3. The Hall–Kier alpha value is 0.160. The summed E-state index contributed by atoms with van der Waals surface area (Å²) >= 11 is 0. The van der Waals surface area contributed by atoms with Crippen LogP contribution in [0.25, 0.3) is 0 Å². The van der Waals surface area contributed by atoms with Crippen LogP contribution in [0.1, 0.15) is 12.8 Å². The van der Waals surface area contributed by atoms with E-state index in [0.29, 0.717) is 12.5 Å². The third-order valence-electron chi connectivity index (χ3n) is 2.38. The Morgan fingerprint density at radius 2 is 2.00 bits per heavy atom. The Bertz CT molecular complexity index is 247. The molecule has 0 aliphatic carbocycles. The van der Waals surface area contributed by atoms with E-state index in [2.05, 4.69) is 16.7 Å². The van der Waals surface area contributed by atoms with Crippen LogP contribution in [0.15, 0.2) is 0 Å². The van der Waals surface area contributed by atoms with Gasteiger partial charge in [0.1, 0.15) is 0 Å². The molecular weight excluding hydrogens is 212 g/mol. The third-order valence-corrected chi connectivity index (χ3v) is 3.22. The molecule has 4 nitrogen and oxygen atoms in total. The van der Waals surface area contributed by atoms with E-state index in [-0.39, 0.29) is 0 Å². The van der Waals surface area contributed by atoms with Gasteiger partial charge in [0.05, 0.1) is 0 Å². The number of nitrogens with one attached hydrogen (secondary N) is 1. The minimum atomic E-state index is -3.53. The fourth-order valence-electron chi connectivity index (χ4n) is 1.48. The quantitative estimate of drug-likeness (QED) is 0.709. The summed E-state index contributed by atoms with van der Waals surface area (Å²) < 4.78 is 23.5. The maximum atomic E-state index is 10.6. The van der Waals surface area contributed by atoms with Crippen LogP contribution in [-0.4, -0.2) is 40.0 Å². The van der Waals surface area contributed by atoms with Crippen LogP contribution in [0.4, 0.5) is 0 Å². The van der Waals surface area contributed by atoms with Gasteiger partial charge in [-0.1, -0.05) is 0 Å². The SMILES string of the molecule is CN1CCC(CNS(=O)(=O)Cl)CC1. The van der Waals surface area contributed by atoms with Gasteiger partial charge < -0.3 is 4.90 Å². The van der Waals surface area contributed by atoms with Gasteiger partial charge >= 0.3 is 0 Å². The van der Waals surface area contributed by atoms with Crippen molar-refractivity contribution in [1.82, 2.24) is 9.62 Å². The summed E-state index contributed by atoms with van der Waals surface area (Å²) in [5.74, 6) is 0.435. The first-order valence-electron chi connectivity index (χ1n) is 4.35. The van der Waals surface area contributed by atoms with Crippen molar-refractivity contribution < 1.29 is 8.42 Å². The fraction of sp³-hybridized carbons (Fsp3) is 1.00. The predicted octanol–water partition coefficient (Wildman–Crippen LogP) is 0.401. The van der Waals surface area contributed by atoms with E-state index in [1.807, 2.05) is 0 Å². The molecule has 1 saturated heterocycles. The second-order valence-corrected chi connectivity index (χ2v) is 5.92. The molecule has 0 aromatic rings. The van der Waals surface area contributed by atoms with Gasteiger partial charge in [-0.3, -0.25) is 0 Å². The van der Waals surface area contributed by atoms with Crippen molar-refractivity contribution >= 4 is 19.9 Å². The molecule has 78 valence electrons. The lowest BCUT2D eigenvalue weighted by Gasteiger charge is -2.28. The van der Waals surface area contributed by atoms with Crippen LogP contribution in [0.2, 0.25) is 0 Å². The first kappa shape index (κ1) is 11.2. The summed E-state index contributed by atoms with van der Waals surface area (Å²) in [5.41, 5.74) is 0. The molecule has 1 aliphatic heterocycles. The summed E-state index contributed by atoms with van der Waals surface area (Å²) in [6, 6.07) is 0. The highest BCUT2D eigenvalue weighted by Gasteiger charge is 2.17. The van der Waals surface area contributed by atoms with E-state index in [1.165, 1.54) is 0 Å². The molecule has 1 fully saturated rings. The maximum absolute atomic E-state index is 10.6. The fourth-order valence-corrected chi connectivity index (χ4v) is 2.11. The minimum absolute atomic E-state index is 0.435. The van der Waals surface area contributed by atoms with Gasteiger partial charge in [0.2, 0.25) is 0 Å². The van der Waals surface area contributed by atoms with Crippen molar-refractivity contribution in [2.45, 2.75) is 12.8 Å². The molecule has 6 heteroatoms. The lowest BCUT2D eigenvalue weighted by atomic mass is 9.98. The van der Waals surface area contributed by atoms with E-state index in [4.69, 9.17) is 10.7 Å². The van der Waals surface area contributed by atoms with Crippen LogP contribution < -0.4 is 4.72 Å². The average Bonchev–Trinajstić information content (AvgIpc) is 2.02. The highest BCUT2D eigenvalue weighted by molar-refractivity contribution is 8.12. The molecule has 0 aromatic carbocycles. The molecule has 13 heavy (non-hydrogen) atoms. The standard InChI is InChI=1S/C7H15ClN2O2S/c1-10-4-2-7(3-5-10)6-9-13(8,11)12/h7,9H,2-6H2,1H3. The molecule has 1 rings (SSSR count). The van der Waals surface area contributed by atoms with Crippen molar-refractivity contribution in [3.8, 4) is 0 Å². The van der Waals surface area contributed by atoms with Gasteiger partial charge in [0, 0.05) is 17.2 Å².